The summed E-state index contributed by atoms with van der Waals surface area (Å²) in [6.45, 7) is 5.85. The second-order valence-electron chi connectivity index (χ2n) is 8.07. The molecule has 29 heavy (non-hydrogen) atoms. The van der Waals surface area contributed by atoms with E-state index < -0.39 is 0 Å². The maximum Gasteiger partial charge on any atom is 0.227 e. The van der Waals surface area contributed by atoms with Crippen LogP contribution >= 0.6 is 0 Å². The van der Waals surface area contributed by atoms with Crippen LogP contribution in [0.3, 0.4) is 0 Å². The molecular weight excluding hydrogens is 360 g/mol. The first kappa shape index (κ1) is 19.4. The Morgan fingerprint density at radius 1 is 1.14 bits per heavy atom. The standard InChI is InChI=1S/C24H28N4O/c1-18(2)24-25-13-15-28(24)22-12-6-11-21(26-22)20-10-7-14-27(17-20)23(29)16-19-8-4-3-5-9-19/h3-6,8-9,11-13,15,18,20H,7,10,14,16-17H2,1-2H3/t20-/m0/s1. The van der Waals surface area contributed by atoms with Gasteiger partial charge in [0.05, 0.1) is 6.42 Å². The molecule has 0 radical (unpaired) electrons. The molecule has 0 spiro atoms. The van der Waals surface area contributed by atoms with Gasteiger partial charge in [-0.05, 0) is 30.5 Å². The van der Waals surface area contributed by atoms with E-state index in [2.05, 4.69) is 35.5 Å². The van der Waals surface area contributed by atoms with Crippen molar-refractivity contribution < 1.29 is 4.79 Å². The van der Waals surface area contributed by atoms with Gasteiger partial charge in [0.15, 0.2) is 0 Å². The van der Waals surface area contributed by atoms with Crippen LogP contribution in [0, 0.1) is 0 Å². The van der Waals surface area contributed by atoms with Crippen LogP contribution in [0.2, 0.25) is 0 Å². The summed E-state index contributed by atoms with van der Waals surface area (Å²) in [7, 11) is 0. The fourth-order valence-corrected chi connectivity index (χ4v) is 4.06. The minimum absolute atomic E-state index is 0.203. The first-order chi connectivity index (χ1) is 14.1. The number of aromatic nitrogens is 3. The highest BCUT2D eigenvalue weighted by atomic mass is 16.2. The molecule has 1 atom stereocenters. The third-order valence-electron chi connectivity index (χ3n) is 5.58. The average Bonchev–Trinajstić information content (AvgIpc) is 3.25. The van der Waals surface area contributed by atoms with Crippen LogP contribution in [0.5, 0.6) is 0 Å². The summed E-state index contributed by atoms with van der Waals surface area (Å²) in [5.74, 6) is 2.72. The number of nitrogens with zero attached hydrogens (tertiary/aromatic N) is 4. The fraction of sp³-hybridized carbons (Fsp3) is 0.375. The second-order valence-corrected chi connectivity index (χ2v) is 8.07. The largest absolute Gasteiger partial charge is 0.342 e. The minimum atomic E-state index is 0.203. The predicted octanol–water partition coefficient (Wildman–Crippen LogP) is 4.34. The van der Waals surface area contributed by atoms with Crippen LogP contribution in [0.4, 0.5) is 0 Å². The molecule has 1 aliphatic heterocycles. The molecule has 0 N–H and O–H groups in total. The van der Waals surface area contributed by atoms with Gasteiger partial charge in [0.1, 0.15) is 11.6 Å². The van der Waals surface area contributed by atoms with Gasteiger partial charge in [0, 0.05) is 43.0 Å². The lowest BCUT2D eigenvalue weighted by molar-refractivity contribution is -0.131. The van der Waals surface area contributed by atoms with Gasteiger partial charge in [-0.15, -0.1) is 0 Å². The first-order valence-electron chi connectivity index (χ1n) is 10.4. The quantitative estimate of drug-likeness (QED) is 0.653. The van der Waals surface area contributed by atoms with Crippen molar-refractivity contribution in [3.8, 4) is 5.82 Å². The lowest BCUT2D eigenvalue weighted by Crippen LogP contribution is -2.40. The first-order valence-corrected chi connectivity index (χ1v) is 10.4. The monoisotopic (exact) mass is 388 g/mol. The Balaban J connectivity index is 1.50. The van der Waals surface area contributed by atoms with Crippen molar-refractivity contribution in [2.45, 2.75) is 44.9 Å². The second kappa shape index (κ2) is 8.60. The highest BCUT2D eigenvalue weighted by Crippen LogP contribution is 2.27. The Bertz CT molecular complexity index is 964. The number of carbonyl (C=O) groups excluding carboxylic acids is 1. The van der Waals surface area contributed by atoms with E-state index in [1.807, 2.05) is 53.7 Å². The van der Waals surface area contributed by atoms with E-state index in [-0.39, 0.29) is 11.8 Å². The van der Waals surface area contributed by atoms with Crippen LogP contribution in [0.25, 0.3) is 5.82 Å². The van der Waals surface area contributed by atoms with Crippen LogP contribution in [0.1, 0.15) is 55.6 Å². The molecule has 3 aromatic rings. The molecule has 150 valence electrons. The number of amides is 1. The summed E-state index contributed by atoms with van der Waals surface area (Å²) in [6, 6.07) is 16.2. The van der Waals surface area contributed by atoms with E-state index in [9.17, 15) is 4.79 Å². The van der Waals surface area contributed by atoms with E-state index in [4.69, 9.17) is 4.98 Å². The molecule has 0 unspecified atom stereocenters. The molecule has 1 fully saturated rings. The van der Waals surface area contributed by atoms with Gasteiger partial charge < -0.3 is 4.90 Å². The number of hydrogen-bond acceptors (Lipinski definition) is 3. The van der Waals surface area contributed by atoms with Gasteiger partial charge in [-0.25, -0.2) is 9.97 Å². The van der Waals surface area contributed by atoms with Gasteiger partial charge in [-0.2, -0.15) is 0 Å². The number of pyridine rings is 1. The highest BCUT2D eigenvalue weighted by molar-refractivity contribution is 5.79. The molecule has 1 amide bonds. The van der Waals surface area contributed by atoms with Crippen LogP contribution in [-0.2, 0) is 11.2 Å². The van der Waals surface area contributed by atoms with Gasteiger partial charge in [-0.1, -0.05) is 50.2 Å². The fourth-order valence-electron chi connectivity index (χ4n) is 4.06. The van der Waals surface area contributed by atoms with Crippen molar-refractivity contribution in [2.75, 3.05) is 13.1 Å². The van der Waals surface area contributed by atoms with Crippen molar-refractivity contribution in [3.05, 3.63) is 78.0 Å². The maximum absolute atomic E-state index is 12.8. The van der Waals surface area contributed by atoms with Crippen molar-refractivity contribution in [1.82, 2.24) is 19.4 Å². The highest BCUT2D eigenvalue weighted by Gasteiger charge is 2.26. The molecule has 4 rings (SSSR count). The zero-order chi connectivity index (χ0) is 20.2. The third kappa shape index (κ3) is 4.39. The Morgan fingerprint density at radius 2 is 1.97 bits per heavy atom. The van der Waals surface area contributed by atoms with Crippen LogP contribution in [0.15, 0.2) is 60.9 Å². The molecule has 1 saturated heterocycles. The minimum Gasteiger partial charge on any atom is -0.342 e. The topological polar surface area (TPSA) is 51.0 Å². The van der Waals surface area contributed by atoms with E-state index in [0.29, 0.717) is 12.3 Å². The molecule has 3 heterocycles. The summed E-state index contributed by atoms with van der Waals surface area (Å²) in [5, 5.41) is 0. The number of carbonyl (C=O) groups is 1. The number of piperidine rings is 1. The third-order valence-corrected chi connectivity index (χ3v) is 5.58. The zero-order valence-corrected chi connectivity index (χ0v) is 17.2. The van der Waals surface area contributed by atoms with Crippen LogP contribution in [-0.4, -0.2) is 38.4 Å². The maximum atomic E-state index is 12.8. The lowest BCUT2D eigenvalue weighted by atomic mass is 9.93. The molecular formula is C24H28N4O. The molecule has 0 aliphatic carbocycles. The molecule has 0 saturated carbocycles. The Hall–Kier alpha value is -2.95. The summed E-state index contributed by atoms with van der Waals surface area (Å²) < 4.78 is 2.06. The number of hydrogen-bond donors (Lipinski definition) is 0. The Labute approximate surface area is 172 Å². The molecule has 5 heteroatoms. The molecule has 2 aromatic heterocycles. The summed E-state index contributed by atoms with van der Waals surface area (Å²) in [6.07, 6.45) is 6.34. The lowest BCUT2D eigenvalue weighted by Gasteiger charge is -2.32. The van der Waals surface area contributed by atoms with E-state index in [1.54, 1.807) is 0 Å². The summed E-state index contributed by atoms with van der Waals surface area (Å²) in [5.41, 5.74) is 2.13. The van der Waals surface area contributed by atoms with Crippen molar-refractivity contribution >= 4 is 5.91 Å². The SMILES string of the molecule is CC(C)c1nccn1-c1cccc([C@H]2CCCN(C(=O)Cc3ccccc3)C2)n1. The van der Waals surface area contributed by atoms with Gasteiger partial charge in [0.25, 0.3) is 0 Å². The Kier molecular flexibility index (Phi) is 5.74. The van der Waals surface area contributed by atoms with Crippen molar-refractivity contribution in [3.63, 3.8) is 0 Å². The van der Waals surface area contributed by atoms with Gasteiger partial charge in [-0.3, -0.25) is 9.36 Å². The van der Waals surface area contributed by atoms with Crippen molar-refractivity contribution in [2.24, 2.45) is 0 Å². The normalized spacial score (nSPS) is 16.9. The smallest absolute Gasteiger partial charge is 0.227 e. The van der Waals surface area contributed by atoms with Gasteiger partial charge in [0.2, 0.25) is 5.91 Å². The molecule has 5 nitrogen and oxygen atoms in total. The number of imidazole rings is 1. The van der Waals surface area contributed by atoms with Gasteiger partial charge >= 0.3 is 0 Å². The molecule has 0 bridgehead atoms. The average molecular weight is 389 g/mol. The Morgan fingerprint density at radius 3 is 2.76 bits per heavy atom. The van der Waals surface area contributed by atoms with E-state index in [0.717, 1.165) is 48.8 Å². The zero-order valence-electron chi connectivity index (χ0n) is 17.2. The summed E-state index contributed by atoms with van der Waals surface area (Å²) in [4.78, 5) is 24.2. The van der Waals surface area contributed by atoms with E-state index >= 15 is 0 Å². The number of rotatable bonds is 5. The molecule has 1 aliphatic rings. The van der Waals surface area contributed by atoms with E-state index in [1.165, 1.54) is 0 Å². The predicted molar refractivity (Wildman–Crippen MR) is 114 cm³/mol. The number of likely N-dealkylation sites (tertiary alicyclic amines) is 1. The van der Waals surface area contributed by atoms with Crippen molar-refractivity contribution in [1.29, 1.82) is 0 Å². The molecule has 1 aromatic carbocycles. The van der Waals surface area contributed by atoms with Crippen LogP contribution < -0.4 is 0 Å². The number of benzene rings is 1. The summed E-state index contributed by atoms with van der Waals surface area (Å²) >= 11 is 0.